The predicted octanol–water partition coefficient (Wildman–Crippen LogP) is 3.04. The molecule has 2 aromatic rings. The zero-order chi connectivity index (χ0) is 16.1. The third kappa shape index (κ3) is 3.98. The van der Waals surface area contributed by atoms with E-state index in [4.69, 9.17) is 4.74 Å². The van der Waals surface area contributed by atoms with Crippen LogP contribution in [0.5, 0.6) is 0 Å². The van der Waals surface area contributed by atoms with Crippen LogP contribution in [0.2, 0.25) is 0 Å². The molecule has 0 aromatic heterocycles. The first kappa shape index (κ1) is 15.3. The van der Waals surface area contributed by atoms with Gasteiger partial charge in [0.1, 0.15) is 0 Å². The number of nitro groups is 1. The van der Waals surface area contributed by atoms with Crippen LogP contribution in [0.15, 0.2) is 48.5 Å². The van der Waals surface area contributed by atoms with Gasteiger partial charge in [0.25, 0.3) is 5.69 Å². The van der Waals surface area contributed by atoms with E-state index in [1.807, 2.05) is 18.2 Å². The molecule has 1 aliphatic rings. The molecular weight excluding hydrogens is 294 g/mol. The lowest BCUT2D eigenvalue weighted by Gasteiger charge is -2.28. The number of hydrogen-bond acceptors (Lipinski definition) is 5. The van der Waals surface area contributed by atoms with Crippen molar-refractivity contribution >= 4 is 17.1 Å². The maximum absolute atomic E-state index is 10.8. The fourth-order valence-electron chi connectivity index (χ4n) is 2.60. The van der Waals surface area contributed by atoms with E-state index >= 15 is 0 Å². The summed E-state index contributed by atoms with van der Waals surface area (Å²) in [4.78, 5) is 12.7. The molecule has 0 radical (unpaired) electrons. The zero-order valence-electron chi connectivity index (χ0n) is 12.8. The first-order valence-corrected chi connectivity index (χ1v) is 7.62. The lowest BCUT2D eigenvalue weighted by atomic mass is 10.2. The molecule has 1 saturated heterocycles. The Bertz CT molecular complexity index is 667. The first-order chi connectivity index (χ1) is 11.2. The summed E-state index contributed by atoms with van der Waals surface area (Å²) < 4.78 is 5.36. The van der Waals surface area contributed by atoms with Crippen molar-refractivity contribution in [2.45, 2.75) is 6.54 Å². The highest BCUT2D eigenvalue weighted by Crippen LogP contribution is 2.20. The number of morpholine rings is 1. The minimum atomic E-state index is -0.374. The van der Waals surface area contributed by atoms with Crippen LogP contribution in [0.25, 0.3) is 0 Å². The highest BCUT2D eigenvalue weighted by Gasteiger charge is 2.10. The van der Waals surface area contributed by atoms with Gasteiger partial charge in [0, 0.05) is 43.1 Å². The number of benzene rings is 2. The van der Waals surface area contributed by atoms with Gasteiger partial charge in [-0.1, -0.05) is 12.1 Å². The minimum Gasteiger partial charge on any atom is -0.381 e. The predicted molar refractivity (Wildman–Crippen MR) is 89.9 cm³/mol. The summed E-state index contributed by atoms with van der Waals surface area (Å²) in [6.45, 7) is 3.93. The first-order valence-electron chi connectivity index (χ1n) is 7.62. The number of nitrogens with zero attached hydrogens (tertiary/aromatic N) is 2. The Hall–Kier alpha value is -2.60. The van der Waals surface area contributed by atoms with Gasteiger partial charge in [-0.25, -0.2) is 0 Å². The largest absolute Gasteiger partial charge is 0.381 e. The summed E-state index contributed by atoms with van der Waals surface area (Å²) in [6.07, 6.45) is 0. The number of nitro benzene ring substituents is 1. The van der Waals surface area contributed by atoms with Crippen LogP contribution < -0.4 is 10.2 Å². The van der Waals surface area contributed by atoms with Gasteiger partial charge in [0.15, 0.2) is 0 Å². The molecule has 1 heterocycles. The Morgan fingerprint density at radius 2 is 1.87 bits per heavy atom. The van der Waals surface area contributed by atoms with Crippen LogP contribution in [0, 0.1) is 10.1 Å². The molecule has 0 atom stereocenters. The van der Waals surface area contributed by atoms with E-state index in [1.54, 1.807) is 12.1 Å². The number of anilines is 2. The summed E-state index contributed by atoms with van der Waals surface area (Å²) in [5, 5.41) is 14.1. The van der Waals surface area contributed by atoms with E-state index in [9.17, 15) is 10.1 Å². The molecular formula is C17H19N3O3. The van der Waals surface area contributed by atoms with E-state index in [-0.39, 0.29) is 10.6 Å². The summed E-state index contributed by atoms with van der Waals surface area (Å²) >= 11 is 0. The molecule has 23 heavy (non-hydrogen) atoms. The van der Waals surface area contributed by atoms with E-state index in [2.05, 4.69) is 22.3 Å². The van der Waals surface area contributed by atoms with Crippen LogP contribution in [-0.2, 0) is 11.3 Å². The Kier molecular flexibility index (Phi) is 4.73. The van der Waals surface area contributed by atoms with Crippen molar-refractivity contribution in [3.8, 4) is 0 Å². The van der Waals surface area contributed by atoms with Gasteiger partial charge in [-0.3, -0.25) is 10.1 Å². The Balaban J connectivity index is 1.60. The van der Waals surface area contributed by atoms with Crippen molar-refractivity contribution in [1.82, 2.24) is 0 Å². The third-order valence-electron chi connectivity index (χ3n) is 3.86. The molecule has 1 N–H and O–H groups in total. The van der Waals surface area contributed by atoms with Crippen LogP contribution in [0.1, 0.15) is 5.56 Å². The van der Waals surface area contributed by atoms with Crippen LogP contribution >= 0.6 is 0 Å². The van der Waals surface area contributed by atoms with Crippen molar-refractivity contribution in [2.24, 2.45) is 0 Å². The molecule has 6 nitrogen and oxygen atoms in total. The van der Waals surface area contributed by atoms with E-state index in [0.717, 1.165) is 37.6 Å². The van der Waals surface area contributed by atoms with Crippen molar-refractivity contribution in [3.05, 3.63) is 64.2 Å². The summed E-state index contributed by atoms with van der Waals surface area (Å²) in [6, 6.07) is 14.9. The standard InChI is InChI=1S/C17H19N3O3/c21-20(22)17-3-1-2-14(12-17)13-18-15-4-6-16(7-5-15)19-8-10-23-11-9-19/h1-7,12,18H,8-11,13H2. The highest BCUT2D eigenvalue weighted by molar-refractivity contribution is 5.55. The maximum atomic E-state index is 10.8. The molecule has 2 aromatic carbocycles. The average Bonchev–Trinajstić information content (AvgIpc) is 2.61. The SMILES string of the molecule is O=[N+]([O-])c1cccc(CNc2ccc(N3CCOCC3)cc2)c1. The van der Waals surface area contributed by atoms with Crippen molar-refractivity contribution in [1.29, 1.82) is 0 Å². The molecule has 0 amide bonds. The number of non-ortho nitro benzene ring substituents is 1. The Morgan fingerprint density at radius 3 is 2.57 bits per heavy atom. The van der Waals surface area contributed by atoms with Gasteiger partial charge in [-0.15, -0.1) is 0 Å². The number of rotatable bonds is 5. The van der Waals surface area contributed by atoms with Crippen molar-refractivity contribution in [3.63, 3.8) is 0 Å². The fourth-order valence-corrected chi connectivity index (χ4v) is 2.60. The molecule has 0 aliphatic carbocycles. The highest BCUT2D eigenvalue weighted by atomic mass is 16.6. The second-order valence-corrected chi connectivity index (χ2v) is 5.43. The normalized spacial score (nSPS) is 14.5. The van der Waals surface area contributed by atoms with Crippen molar-refractivity contribution < 1.29 is 9.66 Å². The molecule has 120 valence electrons. The van der Waals surface area contributed by atoms with Gasteiger partial charge in [-0.05, 0) is 29.8 Å². The van der Waals surface area contributed by atoms with Gasteiger partial charge in [0.05, 0.1) is 18.1 Å². The fraction of sp³-hybridized carbons (Fsp3) is 0.294. The van der Waals surface area contributed by atoms with Gasteiger partial charge < -0.3 is 15.0 Å². The zero-order valence-corrected chi connectivity index (χ0v) is 12.8. The number of nitrogens with one attached hydrogen (secondary N) is 1. The molecule has 1 aliphatic heterocycles. The van der Waals surface area contributed by atoms with Crippen LogP contribution in [0.3, 0.4) is 0 Å². The second kappa shape index (κ2) is 7.11. The lowest BCUT2D eigenvalue weighted by molar-refractivity contribution is -0.384. The van der Waals surface area contributed by atoms with Crippen LogP contribution in [0.4, 0.5) is 17.1 Å². The number of ether oxygens (including phenoxy) is 1. The number of hydrogen-bond donors (Lipinski definition) is 1. The van der Waals surface area contributed by atoms with Crippen LogP contribution in [-0.4, -0.2) is 31.2 Å². The molecule has 0 spiro atoms. The van der Waals surface area contributed by atoms with E-state index in [1.165, 1.54) is 11.8 Å². The molecule has 3 rings (SSSR count). The topological polar surface area (TPSA) is 67.6 Å². The van der Waals surface area contributed by atoms with Gasteiger partial charge >= 0.3 is 0 Å². The average molecular weight is 313 g/mol. The monoisotopic (exact) mass is 313 g/mol. The molecule has 0 bridgehead atoms. The summed E-state index contributed by atoms with van der Waals surface area (Å²) in [5.41, 5.74) is 3.19. The van der Waals surface area contributed by atoms with Gasteiger partial charge in [0.2, 0.25) is 0 Å². The second-order valence-electron chi connectivity index (χ2n) is 5.43. The van der Waals surface area contributed by atoms with Gasteiger partial charge in [-0.2, -0.15) is 0 Å². The molecule has 0 unspecified atom stereocenters. The summed E-state index contributed by atoms with van der Waals surface area (Å²) in [7, 11) is 0. The molecule has 6 heteroatoms. The van der Waals surface area contributed by atoms with Crippen molar-refractivity contribution in [2.75, 3.05) is 36.5 Å². The van der Waals surface area contributed by atoms with E-state index < -0.39 is 0 Å². The maximum Gasteiger partial charge on any atom is 0.269 e. The molecule has 0 saturated carbocycles. The quantitative estimate of drug-likeness (QED) is 0.679. The Labute approximate surface area is 134 Å². The Morgan fingerprint density at radius 1 is 1.13 bits per heavy atom. The van der Waals surface area contributed by atoms with E-state index in [0.29, 0.717) is 6.54 Å². The minimum absolute atomic E-state index is 0.118. The third-order valence-corrected chi connectivity index (χ3v) is 3.86. The lowest BCUT2D eigenvalue weighted by Crippen LogP contribution is -2.36. The smallest absolute Gasteiger partial charge is 0.269 e. The summed E-state index contributed by atoms with van der Waals surface area (Å²) in [5.74, 6) is 0. The molecule has 1 fully saturated rings.